The van der Waals surface area contributed by atoms with Crippen molar-refractivity contribution in [3.63, 3.8) is 0 Å². The Morgan fingerprint density at radius 3 is 2.68 bits per heavy atom. The summed E-state index contributed by atoms with van der Waals surface area (Å²) in [6, 6.07) is 19.0. The Balaban J connectivity index is 1.75. The maximum Gasteiger partial charge on any atom is 0.220 e. The molecule has 0 radical (unpaired) electrons. The fourth-order valence-electron chi connectivity index (χ4n) is 3.59. The van der Waals surface area contributed by atoms with Crippen LogP contribution < -0.4 is 11.2 Å². The highest BCUT2D eigenvalue weighted by molar-refractivity contribution is 5.73. The molecule has 3 aromatic rings. The van der Waals surface area contributed by atoms with Gasteiger partial charge in [-0.05, 0) is 23.1 Å². The number of rotatable bonds is 6. The third kappa shape index (κ3) is 3.75. The van der Waals surface area contributed by atoms with Crippen molar-refractivity contribution in [2.75, 3.05) is 12.3 Å². The number of aromatic nitrogens is 2. The van der Waals surface area contributed by atoms with Gasteiger partial charge in [0.1, 0.15) is 0 Å². The van der Waals surface area contributed by atoms with Crippen molar-refractivity contribution >= 4 is 11.6 Å². The van der Waals surface area contributed by atoms with Gasteiger partial charge in [0.05, 0.1) is 18.0 Å². The normalized spacial score (nSPS) is 15.6. The van der Waals surface area contributed by atoms with Gasteiger partial charge in [0.15, 0.2) is 0 Å². The minimum atomic E-state index is 0.158. The minimum Gasteiger partial charge on any atom is -0.368 e. The quantitative estimate of drug-likeness (QED) is 0.497. The summed E-state index contributed by atoms with van der Waals surface area (Å²) in [4.78, 5) is 14.3. The second-order valence-corrected chi connectivity index (χ2v) is 6.88. The number of benzene rings is 2. The van der Waals surface area contributed by atoms with Crippen molar-refractivity contribution < 1.29 is 4.84 Å². The molecule has 1 aliphatic carbocycles. The van der Waals surface area contributed by atoms with Crippen molar-refractivity contribution in [1.29, 1.82) is 0 Å². The van der Waals surface area contributed by atoms with Crippen molar-refractivity contribution in [3.05, 3.63) is 83.7 Å². The summed E-state index contributed by atoms with van der Waals surface area (Å²) in [5, 5.41) is 0. The largest absolute Gasteiger partial charge is 0.368 e. The number of allylic oxidation sites excluding steroid dienone is 1. The van der Waals surface area contributed by atoms with Crippen molar-refractivity contribution in [3.8, 4) is 11.1 Å². The lowest BCUT2D eigenvalue weighted by atomic mass is 9.83. The van der Waals surface area contributed by atoms with Crippen LogP contribution >= 0.6 is 0 Å². The van der Waals surface area contributed by atoms with E-state index in [2.05, 4.69) is 77.0 Å². The van der Waals surface area contributed by atoms with Crippen molar-refractivity contribution in [1.82, 2.24) is 15.4 Å². The first-order valence-corrected chi connectivity index (χ1v) is 9.62. The molecule has 0 saturated heterocycles. The fourth-order valence-corrected chi connectivity index (χ4v) is 3.59. The molecule has 1 aromatic heterocycles. The standard InChI is InChI=1S/C23H24N4O/c1-2-12-28-27-22-14-17(13-21-20(22)15-25-23(24)26-21)19-11-7-6-10-18(19)16-8-4-3-5-9-16/h3-11,14-15,17,27H,2,12-13H2,1H3,(H2,24,25,26). The molecule has 2 aromatic carbocycles. The second-order valence-electron chi connectivity index (χ2n) is 6.88. The Morgan fingerprint density at radius 1 is 1.07 bits per heavy atom. The topological polar surface area (TPSA) is 73.1 Å². The average molecular weight is 372 g/mol. The van der Waals surface area contributed by atoms with Gasteiger partial charge in [0.25, 0.3) is 0 Å². The summed E-state index contributed by atoms with van der Waals surface area (Å²) < 4.78 is 0. The van der Waals surface area contributed by atoms with Crippen LogP contribution in [0.2, 0.25) is 0 Å². The molecule has 5 nitrogen and oxygen atoms in total. The lowest BCUT2D eigenvalue weighted by molar-refractivity contribution is 0.0785. The van der Waals surface area contributed by atoms with Crippen LogP contribution in [0.15, 0.2) is 66.9 Å². The molecule has 0 bridgehead atoms. The van der Waals surface area contributed by atoms with Crippen LogP contribution in [0.5, 0.6) is 0 Å². The highest BCUT2D eigenvalue weighted by Crippen LogP contribution is 2.37. The van der Waals surface area contributed by atoms with E-state index in [0.29, 0.717) is 12.6 Å². The Morgan fingerprint density at radius 2 is 1.86 bits per heavy atom. The lowest BCUT2D eigenvalue weighted by Crippen LogP contribution is -2.21. The molecule has 0 amide bonds. The zero-order valence-electron chi connectivity index (χ0n) is 15.9. The van der Waals surface area contributed by atoms with Gasteiger partial charge >= 0.3 is 0 Å². The van der Waals surface area contributed by atoms with E-state index in [1.54, 1.807) is 6.20 Å². The van der Waals surface area contributed by atoms with Gasteiger partial charge in [-0.2, -0.15) is 0 Å². The number of hydrogen-bond donors (Lipinski definition) is 2. The maximum absolute atomic E-state index is 5.86. The molecule has 0 spiro atoms. The van der Waals surface area contributed by atoms with Crippen molar-refractivity contribution in [2.45, 2.75) is 25.7 Å². The van der Waals surface area contributed by atoms with Gasteiger partial charge < -0.3 is 5.73 Å². The van der Waals surface area contributed by atoms with Gasteiger partial charge in [0, 0.05) is 24.1 Å². The number of fused-ring (bicyclic) bond motifs is 1. The zero-order chi connectivity index (χ0) is 19.3. The zero-order valence-corrected chi connectivity index (χ0v) is 15.9. The van der Waals surface area contributed by atoms with Crippen LogP contribution in [-0.4, -0.2) is 16.6 Å². The van der Waals surface area contributed by atoms with Gasteiger partial charge in [-0.25, -0.2) is 9.97 Å². The van der Waals surface area contributed by atoms with Crippen LogP contribution in [0.4, 0.5) is 5.95 Å². The van der Waals surface area contributed by atoms with Gasteiger partial charge in [-0.15, -0.1) is 0 Å². The summed E-state index contributed by atoms with van der Waals surface area (Å²) in [5.41, 5.74) is 15.4. The summed E-state index contributed by atoms with van der Waals surface area (Å²) in [7, 11) is 0. The fraction of sp³-hybridized carbons (Fsp3) is 0.217. The number of nitrogen functional groups attached to an aromatic ring is 1. The molecule has 0 aliphatic heterocycles. The number of nitrogens with zero attached hydrogens (tertiary/aromatic N) is 2. The molecule has 1 atom stereocenters. The third-order valence-electron chi connectivity index (χ3n) is 4.89. The third-order valence-corrected chi connectivity index (χ3v) is 4.89. The first kappa shape index (κ1) is 18.2. The average Bonchev–Trinajstić information content (AvgIpc) is 2.74. The molecule has 1 unspecified atom stereocenters. The summed E-state index contributed by atoms with van der Waals surface area (Å²) in [6.07, 6.45) is 5.68. The van der Waals surface area contributed by atoms with Crippen LogP contribution in [0, 0.1) is 0 Å². The SMILES string of the molecule is CCCONC1=CC(c2ccccc2-c2ccccc2)Cc2nc(N)ncc21. The van der Waals surface area contributed by atoms with E-state index in [-0.39, 0.29) is 5.92 Å². The summed E-state index contributed by atoms with van der Waals surface area (Å²) in [5.74, 6) is 0.454. The first-order chi connectivity index (χ1) is 13.8. The predicted molar refractivity (Wildman–Crippen MR) is 112 cm³/mol. The Bertz CT molecular complexity index is 985. The highest BCUT2D eigenvalue weighted by atomic mass is 16.6. The van der Waals surface area contributed by atoms with Crippen LogP contribution in [0.1, 0.15) is 36.1 Å². The monoisotopic (exact) mass is 372 g/mol. The van der Waals surface area contributed by atoms with E-state index in [9.17, 15) is 0 Å². The molecule has 4 rings (SSSR count). The Labute approximate surface area is 165 Å². The van der Waals surface area contributed by atoms with Crippen molar-refractivity contribution in [2.24, 2.45) is 0 Å². The van der Waals surface area contributed by atoms with Gasteiger partial charge in [-0.3, -0.25) is 10.3 Å². The number of hydroxylamine groups is 1. The highest BCUT2D eigenvalue weighted by Gasteiger charge is 2.25. The number of anilines is 1. The van der Waals surface area contributed by atoms with Gasteiger partial charge in [-0.1, -0.05) is 67.6 Å². The smallest absolute Gasteiger partial charge is 0.220 e. The second kappa shape index (κ2) is 8.23. The Kier molecular flexibility index (Phi) is 5.35. The summed E-state index contributed by atoms with van der Waals surface area (Å²) >= 11 is 0. The predicted octanol–water partition coefficient (Wildman–Crippen LogP) is 4.34. The van der Waals surface area contributed by atoms with Crippen LogP contribution in [-0.2, 0) is 11.3 Å². The van der Waals surface area contributed by atoms with E-state index in [0.717, 1.165) is 29.8 Å². The molecule has 1 heterocycles. The van der Waals surface area contributed by atoms with E-state index in [1.807, 2.05) is 6.07 Å². The number of hydrogen-bond acceptors (Lipinski definition) is 5. The van der Waals surface area contributed by atoms with Crippen LogP contribution in [0.3, 0.4) is 0 Å². The molecule has 5 heteroatoms. The summed E-state index contributed by atoms with van der Waals surface area (Å²) in [6.45, 7) is 2.71. The molecule has 0 fully saturated rings. The van der Waals surface area contributed by atoms with E-state index in [4.69, 9.17) is 10.6 Å². The molecule has 0 saturated carbocycles. The molecular formula is C23H24N4O. The molecular weight excluding hydrogens is 348 g/mol. The van der Waals surface area contributed by atoms with E-state index < -0.39 is 0 Å². The lowest BCUT2D eigenvalue weighted by Gasteiger charge is -2.25. The first-order valence-electron chi connectivity index (χ1n) is 9.62. The number of nitrogens with two attached hydrogens (primary N) is 1. The number of nitrogens with one attached hydrogen (secondary N) is 1. The Hall–Kier alpha value is -3.18. The molecule has 3 N–H and O–H groups in total. The minimum absolute atomic E-state index is 0.158. The molecule has 1 aliphatic rings. The van der Waals surface area contributed by atoms with E-state index >= 15 is 0 Å². The van der Waals surface area contributed by atoms with E-state index in [1.165, 1.54) is 16.7 Å². The molecule has 28 heavy (non-hydrogen) atoms. The van der Waals surface area contributed by atoms with Gasteiger partial charge in [0.2, 0.25) is 5.95 Å². The maximum atomic E-state index is 5.86. The van der Waals surface area contributed by atoms with Crippen LogP contribution in [0.25, 0.3) is 16.8 Å². The molecule has 142 valence electrons.